The Morgan fingerprint density at radius 2 is 2.11 bits per heavy atom. The standard InChI is InChI=1S/C13H15N3O2S/c1-9(14-7-13-10(2)15-8-19-13)11-3-5-12(6-4-11)16(17)18/h3-6,8-9,14H,7H2,1-2H3. The van der Waals surface area contributed by atoms with E-state index in [1.54, 1.807) is 23.5 Å². The normalized spacial score (nSPS) is 12.3. The fourth-order valence-electron chi connectivity index (χ4n) is 1.74. The molecule has 1 aromatic carbocycles. The Morgan fingerprint density at radius 3 is 2.63 bits per heavy atom. The third-order valence-electron chi connectivity index (χ3n) is 3.02. The lowest BCUT2D eigenvalue weighted by atomic mass is 10.1. The van der Waals surface area contributed by atoms with E-state index in [4.69, 9.17) is 0 Å². The summed E-state index contributed by atoms with van der Waals surface area (Å²) in [4.78, 5) is 15.6. The van der Waals surface area contributed by atoms with E-state index in [-0.39, 0.29) is 16.7 Å². The van der Waals surface area contributed by atoms with Crippen molar-refractivity contribution in [2.75, 3.05) is 0 Å². The molecule has 0 spiro atoms. The summed E-state index contributed by atoms with van der Waals surface area (Å²) in [6, 6.07) is 6.78. The minimum atomic E-state index is -0.386. The predicted octanol–water partition coefficient (Wildman–Crippen LogP) is 3.21. The first-order valence-corrected chi connectivity index (χ1v) is 6.82. The maximum atomic E-state index is 10.6. The lowest BCUT2D eigenvalue weighted by Gasteiger charge is -2.13. The van der Waals surface area contributed by atoms with Crippen LogP contribution in [-0.4, -0.2) is 9.91 Å². The van der Waals surface area contributed by atoms with Crippen LogP contribution in [0.1, 0.15) is 29.1 Å². The number of hydrogen-bond acceptors (Lipinski definition) is 5. The molecule has 0 amide bonds. The van der Waals surface area contributed by atoms with Crippen LogP contribution >= 0.6 is 11.3 Å². The third-order valence-corrected chi connectivity index (χ3v) is 3.95. The number of hydrogen-bond donors (Lipinski definition) is 1. The quantitative estimate of drug-likeness (QED) is 0.673. The van der Waals surface area contributed by atoms with Gasteiger partial charge < -0.3 is 5.32 Å². The molecule has 2 aromatic rings. The van der Waals surface area contributed by atoms with E-state index in [9.17, 15) is 10.1 Å². The van der Waals surface area contributed by atoms with Crippen LogP contribution < -0.4 is 5.32 Å². The molecule has 19 heavy (non-hydrogen) atoms. The first-order chi connectivity index (χ1) is 9.08. The van der Waals surface area contributed by atoms with Crippen molar-refractivity contribution < 1.29 is 4.92 Å². The molecule has 0 aliphatic rings. The summed E-state index contributed by atoms with van der Waals surface area (Å²) in [5.41, 5.74) is 4.04. The average molecular weight is 277 g/mol. The highest BCUT2D eigenvalue weighted by atomic mass is 32.1. The highest BCUT2D eigenvalue weighted by Crippen LogP contribution is 2.19. The molecular weight excluding hydrogens is 262 g/mol. The van der Waals surface area contributed by atoms with Gasteiger partial charge in [0.25, 0.3) is 5.69 Å². The molecule has 0 fully saturated rings. The van der Waals surface area contributed by atoms with Crippen molar-refractivity contribution in [1.29, 1.82) is 0 Å². The van der Waals surface area contributed by atoms with Crippen molar-refractivity contribution in [2.45, 2.75) is 26.4 Å². The third kappa shape index (κ3) is 3.36. The fourth-order valence-corrected chi connectivity index (χ4v) is 2.47. The molecule has 0 bridgehead atoms. The zero-order valence-electron chi connectivity index (χ0n) is 10.8. The molecule has 0 aliphatic carbocycles. The van der Waals surface area contributed by atoms with Gasteiger partial charge in [-0.1, -0.05) is 12.1 Å². The molecule has 1 N–H and O–H groups in total. The number of benzene rings is 1. The van der Waals surface area contributed by atoms with Crippen molar-refractivity contribution in [2.24, 2.45) is 0 Å². The number of rotatable bonds is 5. The van der Waals surface area contributed by atoms with Crippen molar-refractivity contribution in [3.8, 4) is 0 Å². The number of aryl methyl sites for hydroxylation is 1. The predicted molar refractivity (Wildman–Crippen MR) is 75.2 cm³/mol. The van der Waals surface area contributed by atoms with E-state index in [2.05, 4.69) is 10.3 Å². The van der Waals surface area contributed by atoms with E-state index in [1.165, 1.54) is 17.0 Å². The second-order valence-corrected chi connectivity index (χ2v) is 5.25. The summed E-state index contributed by atoms with van der Waals surface area (Å²) < 4.78 is 0. The Morgan fingerprint density at radius 1 is 1.42 bits per heavy atom. The van der Waals surface area contributed by atoms with E-state index in [1.807, 2.05) is 19.4 Å². The highest BCUT2D eigenvalue weighted by Gasteiger charge is 2.09. The van der Waals surface area contributed by atoms with Crippen LogP contribution in [0.15, 0.2) is 29.8 Å². The van der Waals surface area contributed by atoms with Gasteiger partial charge in [-0.15, -0.1) is 11.3 Å². The smallest absolute Gasteiger partial charge is 0.269 e. The summed E-state index contributed by atoms with van der Waals surface area (Å²) in [7, 11) is 0. The van der Waals surface area contributed by atoms with Crippen molar-refractivity contribution in [1.82, 2.24) is 10.3 Å². The van der Waals surface area contributed by atoms with Gasteiger partial charge in [-0.2, -0.15) is 0 Å². The Bertz CT molecular complexity index is 566. The summed E-state index contributed by atoms with van der Waals surface area (Å²) >= 11 is 1.63. The van der Waals surface area contributed by atoms with E-state index in [0.717, 1.165) is 17.8 Å². The van der Waals surface area contributed by atoms with Gasteiger partial charge >= 0.3 is 0 Å². The number of thiazole rings is 1. The first-order valence-electron chi connectivity index (χ1n) is 5.94. The van der Waals surface area contributed by atoms with Gasteiger partial charge in [-0.3, -0.25) is 10.1 Å². The second kappa shape index (κ2) is 5.90. The molecule has 5 nitrogen and oxygen atoms in total. The lowest BCUT2D eigenvalue weighted by Crippen LogP contribution is -2.17. The minimum absolute atomic E-state index is 0.120. The summed E-state index contributed by atoms with van der Waals surface area (Å²) in [6.07, 6.45) is 0. The van der Waals surface area contributed by atoms with Crippen molar-refractivity contribution in [3.63, 3.8) is 0 Å². The average Bonchev–Trinajstić information content (AvgIpc) is 2.81. The molecule has 1 unspecified atom stereocenters. The maximum absolute atomic E-state index is 10.6. The molecule has 6 heteroatoms. The van der Waals surface area contributed by atoms with Gasteiger partial charge in [0.05, 0.1) is 16.1 Å². The number of aromatic nitrogens is 1. The second-order valence-electron chi connectivity index (χ2n) is 4.31. The number of nitrogens with one attached hydrogen (secondary N) is 1. The first kappa shape index (κ1) is 13.6. The summed E-state index contributed by atoms with van der Waals surface area (Å²) in [6.45, 7) is 4.79. The topological polar surface area (TPSA) is 68.1 Å². The van der Waals surface area contributed by atoms with Gasteiger partial charge in [-0.25, -0.2) is 4.98 Å². The number of nitro benzene ring substituents is 1. The van der Waals surface area contributed by atoms with Crippen LogP contribution in [0.4, 0.5) is 5.69 Å². The Kier molecular flexibility index (Phi) is 4.24. The van der Waals surface area contributed by atoms with Crippen LogP contribution in [0.2, 0.25) is 0 Å². The molecule has 2 rings (SSSR count). The van der Waals surface area contributed by atoms with Gasteiger partial charge in [-0.05, 0) is 19.4 Å². The zero-order valence-corrected chi connectivity index (χ0v) is 11.6. The molecular formula is C13H15N3O2S. The van der Waals surface area contributed by atoms with Crippen LogP contribution in [0, 0.1) is 17.0 Å². The zero-order chi connectivity index (χ0) is 13.8. The van der Waals surface area contributed by atoms with Crippen LogP contribution in [0.5, 0.6) is 0 Å². The number of nitrogens with zero attached hydrogens (tertiary/aromatic N) is 2. The van der Waals surface area contributed by atoms with E-state index < -0.39 is 0 Å². The Balaban J connectivity index is 1.98. The van der Waals surface area contributed by atoms with E-state index in [0.29, 0.717) is 0 Å². The monoisotopic (exact) mass is 277 g/mol. The van der Waals surface area contributed by atoms with Crippen molar-refractivity contribution in [3.05, 3.63) is 56.0 Å². The maximum Gasteiger partial charge on any atom is 0.269 e. The van der Waals surface area contributed by atoms with Gasteiger partial charge in [0.1, 0.15) is 0 Å². The number of nitro groups is 1. The molecule has 0 radical (unpaired) electrons. The minimum Gasteiger partial charge on any atom is -0.305 e. The highest BCUT2D eigenvalue weighted by molar-refractivity contribution is 7.09. The molecule has 0 aliphatic heterocycles. The Labute approximate surface area is 115 Å². The largest absolute Gasteiger partial charge is 0.305 e. The van der Waals surface area contributed by atoms with Gasteiger partial charge in [0.15, 0.2) is 0 Å². The van der Waals surface area contributed by atoms with Crippen LogP contribution in [-0.2, 0) is 6.54 Å². The van der Waals surface area contributed by atoms with E-state index >= 15 is 0 Å². The number of non-ortho nitro benzene ring substituents is 1. The lowest BCUT2D eigenvalue weighted by molar-refractivity contribution is -0.384. The summed E-state index contributed by atoms with van der Waals surface area (Å²) in [5, 5.41) is 14.0. The molecule has 1 atom stereocenters. The molecule has 1 aromatic heterocycles. The van der Waals surface area contributed by atoms with Crippen molar-refractivity contribution >= 4 is 17.0 Å². The van der Waals surface area contributed by atoms with Gasteiger partial charge in [0, 0.05) is 29.6 Å². The SMILES string of the molecule is Cc1ncsc1CNC(C)c1ccc([N+](=O)[O-])cc1. The molecule has 0 saturated heterocycles. The molecule has 100 valence electrons. The van der Waals surface area contributed by atoms with Gasteiger partial charge in [0.2, 0.25) is 0 Å². The Hall–Kier alpha value is -1.79. The molecule has 1 heterocycles. The summed E-state index contributed by atoms with van der Waals surface area (Å²) in [5.74, 6) is 0. The van der Waals surface area contributed by atoms with Crippen LogP contribution in [0.3, 0.4) is 0 Å². The fraction of sp³-hybridized carbons (Fsp3) is 0.308. The van der Waals surface area contributed by atoms with Crippen LogP contribution in [0.25, 0.3) is 0 Å². The molecule has 0 saturated carbocycles.